The summed E-state index contributed by atoms with van der Waals surface area (Å²) in [7, 11) is 0. The third kappa shape index (κ3) is 2.69. The lowest BCUT2D eigenvalue weighted by Gasteiger charge is -2.35. The van der Waals surface area contributed by atoms with Gasteiger partial charge in [-0.15, -0.1) is 23.5 Å². The first-order valence-electron chi connectivity index (χ1n) is 5.23. The van der Waals surface area contributed by atoms with Crippen LogP contribution in [0.15, 0.2) is 0 Å². The smallest absolute Gasteiger partial charge is 0.142 e. The molecule has 1 fully saturated rings. The Morgan fingerprint density at radius 2 is 1.79 bits per heavy atom. The molecule has 0 spiro atoms. The Kier molecular flexibility index (Phi) is 4.38. The monoisotopic (exact) mass is 232 g/mol. The normalized spacial score (nSPS) is 20.1. The van der Waals surface area contributed by atoms with E-state index in [2.05, 4.69) is 13.8 Å². The molecule has 1 heterocycles. The predicted octanol–water partition coefficient (Wildman–Crippen LogP) is 3.43. The third-order valence-electron chi connectivity index (χ3n) is 2.58. The van der Waals surface area contributed by atoms with Gasteiger partial charge in [0.25, 0.3) is 0 Å². The SMILES string of the molecule is CC(C)C(=O)C(C)(C)C1SCCCS1. The number of thioether (sulfide) groups is 2. The van der Waals surface area contributed by atoms with E-state index in [4.69, 9.17) is 0 Å². The molecule has 82 valence electrons. The molecule has 0 aliphatic carbocycles. The highest BCUT2D eigenvalue weighted by atomic mass is 32.2. The standard InChI is InChI=1S/C11H20OS2/c1-8(2)9(12)11(3,4)10-13-6-5-7-14-10/h8,10H,5-7H2,1-4H3. The number of carbonyl (C=O) groups excluding carboxylic acids is 1. The summed E-state index contributed by atoms with van der Waals surface area (Å²) in [4.78, 5) is 12.0. The summed E-state index contributed by atoms with van der Waals surface area (Å²) in [5.41, 5.74) is -0.163. The van der Waals surface area contributed by atoms with Crippen molar-refractivity contribution in [2.45, 2.75) is 38.7 Å². The van der Waals surface area contributed by atoms with Crippen molar-refractivity contribution < 1.29 is 4.79 Å². The Morgan fingerprint density at radius 1 is 1.29 bits per heavy atom. The highest BCUT2D eigenvalue weighted by Crippen LogP contribution is 2.44. The maximum Gasteiger partial charge on any atom is 0.142 e. The summed E-state index contributed by atoms with van der Waals surface area (Å²) >= 11 is 3.92. The highest BCUT2D eigenvalue weighted by Gasteiger charge is 2.39. The fourth-order valence-corrected chi connectivity index (χ4v) is 5.03. The Labute approximate surface area is 95.8 Å². The molecular formula is C11H20OS2. The average molecular weight is 232 g/mol. The summed E-state index contributed by atoms with van der Waals surface area (Å²) in [6, 6.07) is 0. The van der Waals surface area contributed by atoms with Crippen molar-refractivity contribution in [1.29, 1.82) is 0 Å². The quantitative estimate of drug-likeness (QED) is 0.742. The van der Waals surface area contributed by atoms with E-state index in [1.807, 2.05) is 37.4 Å². The molecule has 1 nitrogen and oxygen atoms in total. The summed E-state index contributed by atoms with van der Waals surface area (Å²) < 4.78 is 0.464. The van der Waals surface area contributed by atoms with Crippen molar-refractivity contribution in [3.05, 3.63) is 0 Å². The lowest BCUT2D eigenvalue weighted by molar-refractivity contribution is -0.129. The molecule has 0 unspecified atom stereocenters. The molecule has 1 aliphatic heterocycles. The lowest BCUT2D eigenvalue weighted by atomic mass is 9.84. The number of ketones is 1. The van der Waals surface area contributed by atoms with Crippen LogP contribution in [0.2, 0.25) is 0 Å². The Hall–Kier alpha value is 0.370. The zero-order valence-corrected chi connectivity index (χ0v) is 11.1. The Bertz CT molecular complexity index is 205. The van der Waals surface area contributed by atoms with E-state index in [-0.39, 0.29) is 11.3 Å². The van der Waals surface area contributed by atoms with Crippen LogP contribution in [0.4, 0.5) is 0 Å². The van der Waals surface area contributed by atoms with Crippen LogP contribution in [0.25, 0.3) is 0 Å². The van der Waals surface area contributed by atoms with Gasteiger partial charge < -0.3 is 0 Å². The van der Waals surface area contributed by atoms with E-state index in [0.717, 1.165) is 0 Å². The number of hydrogen-bond acceptors (Lipinski definition) is 3. The second-order valence-corrected chi connectivity index (χ2v) is 7.39. The molecule has 14 heavy (non-hydrogen) atoms. The lowest BCUT2D eigenvalue weighted by Crippen LogP contribution is -2.37. The molecule has 0 radical (unpaired) electrons. The van der Waals surface area contributed by atoms with Gasteiger partial charge in [0.05, 0.1) is 4.58 Å². The first kappa shape index (κ1) is 12.4. The van der Waals surface area contributed by atoms with Gasteiger partial charge in [0.1, 0.15) is 5.78 Å². The zero-order chi connectivity index (χ0) is 10.8. The van der Waals surface area contributed by atoms with Crippen LogP contribution in [0.5, 0.6) is 0 Å². The van der Waals surface area contributed by atoms with Gasteiger partial charge in [0, 0.05) is 11.3 Å². The minimum Gasteiger partial charge on any atom is -0.299 e. The largest absolute Gasteiger partial charge is 0.299 e. The predicted molar refractivity (Wildman–Crippen MR) is 66.9 cm³/mol. The molecule has 0 bridgehead atoms. The summed E-state index contributed by atoms with van der Waals surface area (Å²) in [5, 5.41) is 0. The minimum absolute atomic E-state index is 0.160. The first-order chi connectivity index (χ1) is 6.46. The van der Waals surface area contributed by atoms with Crippen molar-refractivity contribution in [2.24, 2.45) is 11.3 Å². The fraction of sp³-hybridized carbons (Fsp3) is 0.909. The van der Waals surface area contributed by atoms with E-state index in [1.54, 1.807) is 0 Å². The molecule has 0 N–H and O–H groups in total. The van der Waals surface area contributed by atoms with Crippen molar-refractivity contribution in [3.63, 3.8) is 0 Å². The average Bonchev–Trinajstić information content (AvgIpc) is 2.18. The molecule has 0 atom stereocenters. The van der Waals surface area contributed by atoms with E-state index in [0.29, 0.717) is 10.4 Å². The van der Waals surface area contributed by atoms with Gasteiger partial charge in [-0.2, -0.15) is 0 Å². The maximum atomic E-state index is 12.0. The van der Waals surface area contributed by atoms with Gasteiger partial charge in [-0.25, -0.2) is 0 Å². The van der Waals surface area contributed by atoms with Crippen molar-refractivity contribution in [3.8, 4) is 0 Å². The van der Waals surface area contributed by atoms with Crippen LogP contribution < -0.4 is 0 Å². The number of hydrogen-bond donors (Lipinski definition) is 0. The zero-order valence-electron chi connectivity index (χ0n) is 9.50. The van der Waals surface area contributed by atoms with Gasteiger partial charge in [0.15, 0.2) is 0 Å². The minimum atomic E-state index is -0.163. The second-order valence-electron chi connectivity index (χ2n) is 4.67. The first-order valence-corrected chi connectivity index (χ1v) is 7.33. The molecule has 0 aromatic heterocycles. The van der Waals surface area contributed by atoms with Gasteiger partial charge in [-0.05, 0) is 17.9 Å². The van der Waals surface area contributed by atoms with E-state index in [1.165, 1.54) is 17.9 Å². The molecule has 0 amide bonds. The van der Waals surface area contributed by atoms with E-state index >= 15 is 0 Å². The summed E-state index contributed by atoms with van der Waals surface area (Å²) in [6.07, 6.45) is 1.29. The Morgan fingerprint density at radius 3 is 2.21 bits per heavy atom. The van der Waals surface area contributed by atoms with Gasteiger partial charge in [-0.1, -0.05) is 27.7 Å². The number of rotatable bonds is 3. The van der Waals surface area contributed by atoms with Crippen molar-refractivity contribution in [2.75, 3.05) is 11.5 Å². The van der Waals surface area contributed by atoms with Crippen LogP contribution in [-0.2, 0) is 4.79 Å². The number of carbonyl (C=O) groups is 1. The van der Waals surface area contributed by atoms with Crippen LogP contribution in [-0.4, -0.2) is 21.9 Å². The highest BCUT2D eigenvalue weighted by molar-refractivity contribution is 8.17. The molecule has 0 aromatic carbocycles. The van der Waals surface area contributed by atoms with Crippen LogP contribution in [0.3, 0.4) is 0 Å². The van der Waals surface area contributed by atoms with Gasteiger partial charge in [-0.3, -0.25) is 4.79 Å². The van der Waals surface area contributed by atoms with E-state index in [9.17, 15) is 4.79 Å². The van der Waals surface area contributed by atoms with E-state index < -0.39 is 0 Å². The topological polar surface area (TPSA) is 17.1 Å². The van der Waals surface area contributed by atoms with Gasteiger partial charge >= 0.3 is 0 Å². The molecule has 1 saturated heterocycles. The molecule has 0 saturated carbocycles. The molecule has 0 aromatic rings. The number of Topliss-reactive ketones (excluding diaryl/α,β-unsaturated/α-hetero) is 1. The maximum absolute atomic E-state index is 12.0. The van der Waals surface area contributed by atoms with Crippen molar-refractivity contribution in [1.82, 2.24) is 0 Å². The fourth-order valence-electron chi connectivity index (χ4n) is 1.76. The van der Waals surface area contributed by atoms with Gasteiger partial charge in [0.2, 0.25) is 0 Å². The summed E-state index contributed by atoms with van der Waals surface area (Å²) in [6.45, 7) is 8.21. The molecule has 3 heteroatoms. The van der Waals surface area contributed by atoms with Crippen LogP contribution in [0.1, 0.15) is 34.1 Å². The summed E-state index contributed by atoms with van der Waals surface area (Å²) in [5.74, 6) is 3.00. The molecule has 1 rings (SSSR count). The molecule has 1 aliphatic rings. The molecular weight excluding hydrogens is 212 g/mol. The Balaban J connectivity index is 2.66. The second kappa shape index (κ2) is 4.93. The van der Waals surface area contributed by atoms with Crippen LogP contribution >= 0.6 is 23.5 Å². The van der Waals surface area contributed by atoms with Crippen LogP contribution in [0, 0.1) is 11.3 Å². The third-order valence-corrected chi connectivity index (χ3v) is 6.23. The van der Waals surface area contributed by atoms with Crippen molar-refractivity contribution >= 4 is 29.3 Å².